The summed E-state index contributed by atoms with van der Waals surface area (Å²) in [7, 11) is 0. The Labute approximate surface area is 169 Å². The second-order valence-corrected chi connectivity index (χ2v) is 7.51. The molecule has 2 heterocycles. The summed E-state index contributed by atoms with van der Waals surface area (Å²) in [5.41, 5.74) is 2.70. The van der Waals surface area contributed by atoms with Gasteiger partial charge in [0.2, 0.25) is 5.88 Å². The summed E-state index contributed by atoms with van der Waals surface area (Å²) in [5.74, 6) is 0.946. The molecule has 6 nitrogen and oxygen atoms in total. The van der Waals surface area contributed by atoms with Gasteiger partial charge in [-0.05, 0) is 11.6 Å². The Bertz CT molecular complexity index is 879. The average molecular weight is 397 g/mol. The lowest BCUT2D eigenvalue weighted by atomic mass is 10.2. The van der Waals surface area contributed by atoms with Crippen LogP contribution < -0.4 is 15.4 Å². The smallest absolute Gasteiger partial charge is 0.319 e. The van der Waals surface area contributed by atoms with E-state index < -0.39 is 0 Å². The van der Waals surface area contributed by atoms with Crippen molar-refractivity contribution >= 4 is 23.1 Å². The third-order valence-corrected chi connectivity index (χ3v) is 5.15. The molecular formula is C21H24N4O2S. The first kappa shape index (κ1) is 19.8. The zero-order chi connectivity index (χ0) is 19.8. The van der Waals surface area contributed by atoms with Crippen molar-refractivity contribution < 1.29 is 9.53 Å². The minimum absolute atomic E-state index is 0.265. The van der Waals surface area contributed by atoms with Crippen molar-refractivity contribution in [2.75, 3.05) is 11.9 Å². The van der Waals surface area contributed by atoms with Gasteiger partial charge in [0.15, 0.2) is 0 Å². The molecule has 0 aliphatic heterocycles. The van der Waals surface area contributed by atoms with Crippen LogP contribution in [0.3, 0.4) is 0 Å². The van der Waals surface area contributed by atoms with E-state index in [-0.39, 0.29) is 6.03 Å². The van der Waals surface area contributed by atoms with Crippen molar-refractivity contribution in [2.24, 2.45) is 0 Å². The van der Waals surface area contributed by atoms with Gasteiger partial charge in [0.25, 0.3) is 0 Å². The monoisotopic (exact) mass is 396 g/mol. The number of ether oxygens (including phenoxy) is 1. The Kier molecular flexibility index (Phi) is 6.97. The van der Waals surface area contributed by atoms with Gasteiger partial charge in [-0.3, -0.25) is 0 Å². The molecule has 0 aliphatic rings. The fourth-order valence-corrected chi connectivity index (χ4v) is 3.32. The number of amides is 2. The number of thiazole rings is 1. The van der Waals surface area contributed by atoms with Crippen molar-refractivity contribution in [1.82, 2.24) is 15.3 Å². The van der Waals surface area contributed by atoms with Crippen LogP contribution in [-0.2, 0) is 13.0 Å². The maximum Gasteiger partial charge on any atom is 0.319 e. The van der Waals surface area contributed by atoms with Gasteiger partial charge in [-0.2, -0.15) is 0 Å². The third kappa shape index (κ3) is 6.06. The molecule has 0 spiro atoms. The van der Waals surface area contributed by atoms with E-state index in [1.165, 1.54) is 0 Å². The van der Waals surface area contributed by atoms with Crippen LogP contribution in [0, 0.1) is 0 Å². The summed E-state index contributed by atoms with van der Waals surface area (Å²) >= 11 is 1.66. The normalized spacial score (nSPS) is 10.7. The number of urea groups is 1. The van der Waals surface area contributed by atoms with E-state index in [1.54, 1.807) is 29.7 Å². The van der Waals surface area contributed by atoms with E-state index in [0.29, 0.717) is 37.1 Å². The molecule has 2 N–H and O–H groups in total. The lowest BCUT2D eigenvalue weighted by Crippen LogP contribution is -2.30. The molecule has 2 aromatic heterocycles. The van der Waals surface area contributed by atoms with Crippen molar-refractivity contribution in [3.8, 4) is 5.88 Å². The summed E-state index contributed by atoms with van der Waals surface area (Å²) in [6, 6.07) is 13.1. The number of hydrogen-bond donors (Lipinski definition) is 2. The van der Waals surface area contributed by atoms with Crippen molar-refractivity contribution in [3.63, 3.8) is 0 Å². The number of pyridine rings is 1. The number of carbonyl (C=O) groups excluding carboxylic acids is 1. The van der Waals surface area contributed by atoms with Crippen LogP contribution >= 0.6 is 11.3 Å². The first-order chi connectivity index (χ1) is 13.6. The second kappa shape index (κ2) is 9.85. The first-order valence-electron chi connectivity index (χ1n) is 9.22. The number of aromatic nitrogens is 2. The Balaban J connectivity index is 1.40. The van der Waals surface area contributed by atoms with Crippen molar-refractivity contribution in [3.05, 3.63) is 70.3 Å². The van der Waals surface area contributed by atoms with Gasteiger partial charge in [-0.15, -0.1) is 11.3 Å². The van der Waals surface area contributed by atoms with Gasteiger partial charge < -0.3 is 15.4 Å². The summed E-state index contributed by atoms with van der Waals surface area (Å²) in [4.78, 5) is 20.8. The molecule has 0 bridgehead atoms. The molecule has 146 valence electrons. The number of rotatable bonds is 8. The SMILES string of the molecule is CC(C)c1nc(CCNC(=O)Nc2ccc(OCc3ccccc3)nc2)cs1. The molecule has 0 fully saturated rings. The highest BCUT2D eigenvalue weighted by Crippen LogP contribution is 2.19. The van der Waals surface area contributed by atoms with Crippen LogP contribution in [0.4, 0.5) is 10.5 Å². The van der Waals surface area contributed by atoms with Gasteiger partial charge in [0.05, 0.1) is 22.6 Å². The molecule has 0 saturated carbocycles. The zero-order valence-corrected chi connectivity index (χ0v) is 16.8. The molecule has 2 amide bonds. The second-order valence-electron chi connectivity index (χ2n) is 6.62. The number of nitrogens with zero attached hydrogens (tertiary/aromatic N) is 2. The maximum atomic E-state index is 12.0. The predicted octanol–water partition coefficient (Wildman–Crippen LogP) is 4.60. The lowest BCUT2D eigenvalue weighted by Gasteiger charge is -2.08. The standard InChI is InChI=1S/C21H24N4O2S/c1-15(2)20-24-18(14-28-20)10-11-22-21(26)25-17-8-9-19(23-12-17)27-13-16-6-4-3-5-7-16/h3-9,12,14-15H,10-11,13H2,1-2H3,(H2,22,25,26). The highest BCUT2D eigenvalue weighted by atomic mass is 32.1. The van der Waals surface area contributed by atoms with E-state index in [9.17, 15) is 4.79 Å². The average Bonchev–Trinajstić information content (AvgIpc) is 3.18. The third-order valence-electron chi connectivity index (χ3n) is 3.95. The van der Waals surface area contributed by atoms with Gasteiger partial charge >= 0.3 is 6.03 Å². The predicted molar refractivity (Wildman–Crippen MR) is 112 cm³/mol. The number of carbonyl (C=O) groups is 1. The van der Waals surface area contributed by atoms with E-state index in [4.69, 9.17) is 4.74 Å². The highest BCUT2D eigenvalue weighted by molar-refractivity contribution is 7.09. The van der Waals surface area contributed by atoms with E-state index in [0.717, 1.165) is 16.3 Å². The van der Waals surface area contributed by atoms with Gasteiger partial charge in [0.1, 0.15) is 6.61 Å². The molecule has 28 heavy (non-hydrogen) atoms. The first-order valence-corrected chi connectivity index (χ1v) is 10.1. The summed E-state index contributed by atoms with van der Waals surface area (Å²) in [5, 5.41) is 8.78. The molecule has 0 unspecified atom stereocenters. The molecule has 7 heteroatoms. The molecule has 1 aromatic carbocycles. The molecule has 0 aliphatic carbocycles. The molecule has 0 saturated heterocycles. The van der Waals surface area contributed by atoms with Crippen molar-refractivity contribution in [2.45, 2.75) is 32.8 Å². The minimum Gasteiger partial charge on any atom is -0.473 e. The summed E-state index contributed by atoms with van der Waals surface area (Å²) in [6.07, 6.45) is 2.29. The van der Waals surface area contributed by atoms with E-state index in [1.807, 2.05) is 35.7 Å². The van der Waals surface area contributed by atoms with Gasteiger partial charge in [-0.1, -0.05) is 44.2 Å². The zero-order valence-electron chi connectivity index (χ0n) is 16.0. The Hall–Kier alpha value is -2.93. The largest absolute Gasteiger partial charge is 0.473 e. The topological polar surface area (TPSA) is 76.1 Å². The van der Waals surface area contributed by atoms with Crippen molar-refractivity contribution in [1.29, 1.82) is 0 Å². The Morgan fingerprint density at radius 3 is 2.68 bits per heavy atom. The maximum absolute atomic E-state index is 12.0. The minimum atomic E-state index is -0.265. The quantitative estimate of drug-likeness (QED) is 0.583. The number of anilines is 1. The molecule has 3 rings (SSSR count). The molecule has 0 radical (unpaired) electrons. The Morgan fingerprint density at radius 1 is 1.18 bits per heavy atom. The van der Waals surface area contributed by atoms with Crippen LogP contribution in [0.5, 0.6) is 5.88 Å². The number of nitrogens with one attached hydrogen (secondary N) is 2. The summed E-state index contributed by atoms with van der Waals surface area (Å²) in [6.45, 7) is 5.23. The Morgan fingerprint density at radius 2 is 2.00 bits per heavy atom. The highest BCUT2D eigenvalue weighted by Gasteiger charge is 2.07. The molecule has 3 aromatic rings. The van der Waals surface area contributed by atoms with Crippen LogP contribution in [0.1, 0.15) is 36.0 Å². The van der Waals surface area contributed by atoms with Crippen LogP contribution in [-0.4, -0.2) is 22.5 Å². The molecule has 0 atom stereocenters. The van der Waals surface area contributed by atoms with Crippen LogP contribution in [0.25, 0.3) is 0 Å². The van der Waals surface area contributed by atoms with Gasteiger partial charge in [-0.25, -0.2) is 14.8 Å². The van der Waals surface area contributed by atoms with E-state index >= 15 is 0 Å². The molecular weight excluding hydrogens is 372 g/mol. The van der Waals surface area contributed by atoms with Crippen LogP contribution in [0.2, 0.25) is 0 Å². The van der Waals surface area contributed by atoms with Gasteiger partial charge in [0, 0.05) is 30.3 Å². The number of hydrogen-bond acceptors (Lipinski definition) is 5. The summed E-state index contributed by atoms with van der Waals surface area (Å²) < 4.78 is 5.64. The number of benzene rings is 1. The fourth-order valence-electron chi connectivity index (χ4n) is 2.45. The van der Waals surface area contributed by atoms with Crippen LogP contribution in [0.15, 0.2) is 54.0 Å². The lowest BCUT2D eigenvalue weighted by molar-refractivity contribution is 0.252. The fraction of sp³-hybridized carbons (Fsp3) is 0.286. The van der Waals surface area contributed by atoms with E-state index in [2.05, 4.69) is 34.4 Å².